The molecule has 0 aromatic carbocycles. The van der Waals surface area contributed by atoms with Crippen LogP contribution in [0.25, 0.3) is 0 Å². The van der Waals surface area contributed by atoms with E-state index in [0.29, 0.717) is 0 Å². The fraction of sp³-hybridized carbons (Fsp3) is 0.800. The molecule has 0 bridgehead atoms. The van der Waals surface area contributed by atoms with Crippen LogP contribution in [0.4, 0.5) is 0 Å². The van der Waals surface area contributed by atoms with Crippen molar-refractivity contribution in [3.05, 3.63) is 0 Å². The van der Waals surface area contributed by atoms with E-state index in [1.165, 1.54) is 6.92 Å². The molecule has 0 aliphatic rings. The number of aliphatic hydroxyl groups is 1. The summed E-state index contributed by atoms with van der Waals surface area (Å²) < 4.78 is 0.0417. The largest absolute Gasteiger partial charge is 1.00 e. The Labute approximate surface area is 61.3 Å². The normalized spacial score (nSPS) is 10.2. The molecule has 1 amide bonds. The maximum Gasteiger partial charge on any atom is 0.312 e. The maximum absolute atomic E-state index is 10.5. The highest BCUT2D eigenvalue weighted by Gasteiger charge is 2.18. The lowest BCUT2D eigenvalue weighted by Crippen LogP contribution is -3.00. The van der Waals surface area contributed by atoms with Crippen molar-refractivity contribution in [1.29, 1.82) is 0 Å². The minimum Gasteiger partial charge on any atom is -1.00 e. The second kappa shape index (κ2) is 3.82. The Balaban J connectivity index is 0. The van der Waals surface area contributed by atoms with E-state index in [4.69, 9.17) is 5.11 Å². The molecule has 1 N–H and O–H groups in total. The van der Waals surface area contributed by atoms with Gasteiger partial charge in [0.05, 0.1) is 21.0 Å². The van der Waals surface area contributed by atoms with Crippen molar-refractivity contribution in [2.24, 2.45) is 0 Å². The lowest BCUT2D eigenvalue weighted by molar-refractivity contribution is -0.834. The van der Waals surface area contributed by atoms with E-state index >= 15 is 0 Å². The van der Waals surface area contributed by atoms with E-state index in [-0.39, 0.29) is 29.5 Å². The average molecular weight is 154 g/mol. The van der Waals surface area contributed by atoms with Crippen LogP contribution in [-0.4, -0.2) is 36.3 Å². The summed E-state index contributed by atoms with van der Waals surface area (Å²) in [5.41, 5.74) is 0. The molecule has 4 heteroatoms. The molecule has 0 radical (unpaired) electrons. The van der Waals surface area contributed by atoms with Crippen LogP contribution in [0.5, 0.6) is 0 Å². The number of quaternary nitrogens is 1. The van der Waals surface area contributed by atoms with E-state index in [1.807, 2.05) is 0 Å². The van der Waals surface area contributed by atoms with Crippen LogP contribution in [-0.2, 0) is 4.79 Å². The number of nitrogens with zero attached hydrogens (tertiary/aromatic N) is 1. The van der Waals surface area contributed by atoms with Crippen molar-refractivity contribution in [1.82, 2.24) is 0 Å². The summed E-state index contributed by atoms with van der Waals surface area (Å²) >= 11 is 0. The number of hydrogen-bond acceptors (Lipinski definition) is 2. The molecule has 0 heterocycles. The lowest BCUT2D eigenvalue weighted by Gasteiger charge is -2.21. The van der Waals surface area contributed by atoms with Gasteiger partial charge in [0.2, 0.25) is 0 Å². The molecule has 0 aliphatic heterocycles. The Morgan fingerprint density at radius 1 is 1.56 bits per heavy atom. The van der Waals surface area contributed by atoms with Gasteiger partial charge < -0.3 is 17.5 Å². The zero-order valence-corrected chi connectivity index (χ0v) is 6.64. The first-order chi connectivity index (χ1) is 3.50. The zero-order chi connectivity index (χ0) is 6.78. The summed E-state index contributed by atoms with van der Waals surface area (Å²) in [6.07, 6.45) is 0. The first kappa shape index (κ1) is 11.6. The van der Waals surface area contributed by atoms with Crippen LogP contribution in [0.1, 0.15) is 6.92 Å². The summed E-state index contributed by atoms with van der Waals surface area (Å²) in [5.74, 6) is -0.0347. The lowest BCUT2D eigenvalue weighted by atomic mass is 10.5. The first-order valence-electron chi connectivity index (χ1n) is 2.45. The minimum absolute atomic E-state index is 0. The fourth-order valence-electron chi connectivity index (χ4n) is 0.0996. The number of rotatable bonds is 1. The molecule has 0 spiro atoms. The summed E-state index contributed by atoms with van der Waals surface area (Å²) in [6, 6.07) is 0. The molecule has 3 nitrogen and oxygen atoms in total. The number of carbonyl (C=O) groups is 1. The Morgan fingerprint density at radius 2 is 1.89 bits per heavy atom. The van der Waals surface area contributed by atoms with Crippen molar-refractivity contribution in [3.63, 3.8) is 0 Å². The minimum atomic E-state index is -0.130. The van der Waals surface area contributed by atoms with E-state index < -0.39 is 0 Å². The van der Waals surface area contributed by atoms with Gasteiger partial charge in [-0.1, -0.05) is 0 Å². The molecule has 0 saturated heterocycles. The smallest absolute Gasteiger partial charge is 0.312 e. The van der Waals surface area contributed by atoms with Crippen molar-refractivity contribution in [2.75, 3.05) is 20.8 Å². The number of hydrogen-bond donors (Lipinski definition) is 1. The van der Waals surface area contributed by atoms with Crippen molar-refractivity contribution >= 4 is 5.91 Å². The van der Waals surface area contributed by atoms with Gasteiger partial charge in [0.15, 0.2) is 6.73 Å². The highest BCUT2D eigenvalue weighted by Crippen LogP contribution is 1.92. The molecule has 9 heavy (non-hydrogen) atoms. The molecule has 0 fully saturated rings. The van der Waals surface area contributed by atoms with Gasteiger partial charge in [0.1, 0.15) is 0 Å². The molecule has 0 aromatic heterocycles. The highest BCUT2D eigenvalue weighted by molar-refractivity contribution is 5.65. The number of aliphatic hydroxyl groups excluding tert-OH is 1. The summed E-state index contributed by atoms with van der Waals surface area (Å²) in [7, 11) is 3.31. The number of carbonyl (C=O) groups excluding carboxylic acids is 1. The highest BCUT2D eigenvalue weighted by atomic mass is 35.5. The summed E-state index contributed by atoms with van der Waals surface area (Å²) in [5, 5.41) is 8.52. The van der Waals surface area contributed by atoms with Crippen LogP contribution in [0, 0.1) is 0 Å². The Hall–Kier alpha value is -0.120. The van der Waals surface area contributed by atoms with E-state index in [9.17, 15) is 4.79 Å². The quantitative estimate of drug-likeness (QED) is 0.315. The number of amides is 1. The standard InChI is InChI=1S/C5H12NO2.ClH/c1-5(8)6(2,3)4-7;/h7H,4H2,1-3H3;1H/q+1;/p-1. The maximum atomic E-state index is 10.5. The van der Waals surface area contributed by atoms with Crippen molar-refractivity contribution < 1.29 is 26.8 Å². The molecule has 0 rings (SSSR count). The van der Waals surface area contributed by atoms with Crippen molar-refractivity contribution in [2.45, 2.75) is 6.92 Å². The third-order valence-corrected chi connectivity index (χ3v) is 1.21. The van der Waals surface area contributed by atoms with Crippen LogP contribution >= 0.6 is 0 Å². The van der Waals surface area contributed by atoms with E-state index in [1.54, 1.807) is 14.1 Å². The average Bonchev–Trinajstić information content (AvgIpc) is 1.67. The summed E-state index contributed by atoms with van der Waals surface area (Å²) in [4.78, 5) is 10.5. The summed E-state index contributed by atoms with van der Waals surface area (Å²) in [6.45, 7) is 1.32. The van der Waals surface area contributed by atoms with E-state index in [2.05, 4.69) is 0 Å². The number of halogens is 1. The van der Waals surface area contributed by atoms with Crippen LogP contribution < -0.4 is 12.4 Å². The van der Waals surface area contributed by atoms with Crippen LogP contribution in [0.15, 0.2) is 0 Å². The molecule has 0 unspecified atom stereocenters. The van der Waals surface area contributed by atoms with Crippen LogP contribution in [0.3, 0.4) is 0 Å². The van der Waals surface area contributed by atoms with Gasteiger partial charge in [-0.3, -0.25) is 0 Å². The second-order valence-electron chi connectivity index (χ2n) is 2.35. The third kappa shape index (κ3) is 3.46. The Kier molecular flexibility index (Phi) is 4.95. The zero-order valence-electron chi connectivity index (χ0n) is 5.89. The third-order valence-electron chi connectivity index (χ3n) is 1.21. The van der Waals surface area contributed by atoms with Gasteiger partial charge in [-0.2, -0.15) is 0 Å². The predicted octanol–water partition coefficient (Wildman–Crippen LogP) is -3.44. The molecular weight excluding hydrogens is 142 g/mol. The molecule has 0 saturated carbocycles. The van der Waals surface area contributed by atoms with Crippen LogP contribution in [0.2, 0.25) is 0 Å². The monoisotopic (exact) mass is 153 g/mol. The SMILES string of the molecule is CC(=O)[N+](C)(C)CO.[Cl-]. The van der Waals surface area contributed by atoms with Gasteiger partial charge >= 0.3 is 5.91 Å². The Bertz CT molecular complexity index is 103. The first-order valence-corrected chi connectivity index (χ1v) is 2.45. The molecule has 56 valence electrons. The molecular formula is C5H12ClNO2. The van der Waals surface area contributed by atoms with Gasteiger partial charge in [-0.25, -0.2) is 9.28 Å². The topological polar surface area (TPSA) is 37.3 Å². The molecule has 0 aliphatic carbocycles. The van der Waals surface area contributed by atoms with Gasteiger partial charge in [0.25, 0.3) is 0 Å². The van der Waals surface area contributed by atoms with Gasteiger partial charge in [-0.15, -0.1) is 0 Å². The predicted molar refractivity (Wildman–Crippen MR) is 29.9 cm³/mol. The molecule has 0 atom stereocenters. The van der Waals surface area contributed by atoms with Crippen molar-refractivity contribution in [3.8, 4) is 0 Å². The van der Waals surface area contributed by atoms with E-state index in [0.717, 1.165) is 0 Å². The second-order valence-corrected chi connectivity index (χ2v) is 2.35. The fourth-order valence-corrected chi connectivity index (χ4v) is 0.0996. The Morgan fingerprint density at radius 3 is 1.89 bits per heavy atom. The molecule has 0 aromatic rings. The van der Waals surface area contributed by atoms with Gasteiger partial charge in [-0.05, 0) is 0 Å². The van der Waals surface area contributed by atoms with Gasteiger partial charge in [0, 0.05) is 0 Å².